The van der Waals surface area contributed by atoms with Gasteiger partial charge in [-0.3, -0.25) is 9.48 Å². The van der Waals surface area contributed by atoms with E-state index in [4.69, 9.17) is 14.0 Å². The van der Waals surface area contributed by atoms with Crippen LogP contribution in [0.4, 0.5) is 5.69 Å². The highest BCUT2D eigenvalue weighted by atomic mass is 16.5. The molecule has 0 saturated carbocycles. The smallest absolute Gasteiger partial charge is 0.277 e. The first-order valence-corrected chi connectivity index (χ1v) is 10.5. The Kier molecular flexibility index (Phi) is 6.17. The summed E-state index contributed by atoms with van der Waals surface area (Å²) in [5.74, 6) is 1.51. The lowest BCUT2D eigenvalue weighted by Crippen LogP contribution is -2.13. The van der Waals surface area contributed by atoms with Crippen LogP contribution < -0.4 is 14.8 Å². The van der Waals surface area contributed by atoms with Gasteiger partial charge >= 0.3 is 0 Å². The molecule has 0 aliphatic carbocycles. The van der Waals surface area contributed by atoms with Crippen LogP contribution >= 0.6 is 0 Å². The lowest BCUT2D eigenvalue weighted by molar-refractivity contribution is 0.101. The maximum Gasteiger partial charge on any atom is 0.277 e. The van der Waals surface area contributed by atoms with Crippen LogP contribution in [0, 0.1) is 20.8 Å². The first-order chi connectivity index (χ1) is 15.9. The zero-order valence-electron chi connectivity index (χ0n) is 19.3. The van der Waals surface area contributed by atoms with Gasteiger partial charge in [0.1, 0.15) is 0 Å². The number of aryl methyl sites for hydroxylation is 2. The Morgan fingerprint density at radius 1 is 1.00 bits per heavy atom. The van der Waals surface area contributed by atoms with Gasteiger partial charge < -0.3 is 19.3 Å². The summed E-state index contributed by atoms with van der Waals surface area (Å²) in [6.45, 7) is 6.30. The number of carbonyl (C=O) groups is 1. The fraction of sp³-hybridized carbons (Fsp3) is 0.240. The monoisotopic (exact) mass is 446 g/mol. The van der Waals surface area contributed by atoms with Gasteiger partial charge in [0.05, 0.1) is 37.8 Å². The topological polar surface area (TPSA) is 91.4 Å². The van der Waals surface area contributed by atoms with Gasteiger partial charge in [-0.15, -0.1) is 0 Å². The van der Waals surface area contributed by atoms with Crippen molar-refractivity contribution in [1.29, 1.82) is 0 Å². The van der Waals surface area contributed by atoms with Gasteiger partial charge in [-0.2, -0.15) is 5.10 Å². The Bertz CT molecular complexity index is 1290. The van der Waals surface area contributed by atoms with Gasteiger partial charge in [0.2, 0.25) is 0 Å². The van der Waals surface area contributed by atoms with Gasteiger partial charge in [-0.1, -0.05) is 41.1 Å². The summed E-state index contributed by atoms with van der Waals surface area (Å²) in [5, 5.41) is 11.5. The highest BCUT2D eigenvalue weighted by Crippen LogP contribution is 2.29. The molecule has 8 heteroatoms. The van der Waals surface area contributed by atoms with Crippen molar-refractivity contribution >= 4 is 11.6 Å². The van der Waals surface area contributed by atoms with Crippen molar-refractivity contribution in [3.8, 4) is 22.8 Å². The molecular weight excluding hydrogens is 420 g/mol. The molecule has 0 spiro atoms. The molecule has 1 amide bonds. The largest absolute Gasteiger partial charge is 0.493 e. The maximum atomic E-state index is 12.8. The molecule has 2 heterocycles. The van der Waals surface area contributed by atoms with Gasteiger partial charge in [0.25, 0.3) is 5.91 Å². The molecule has 170 valence electrons. The van der Waals surface area contributed by atoms with Crippen molar-refractivity contribution in [1.82, 2.24) is 14.9 Å². The van der Waals surface area contributed by atoms with Crippen LogP contribution in [0.5, 0.6) is 11.5 Å². The molecule has 4 rings (SSSR count). The molecule has 1 N–H and O–H groups in total. The van der Waals surface area contributed by atoms with E-state index in [1.54, 1.807) is 20.3 Å². The fourth-order valence-electron chi connectivity index (χ4n) is 3.60. The van der Waals surface area contributed by atoms with Gasteiger partial charge in [0.15, 0.2) is 23.0 Å². The number of aromatic nitrogens is 3. The predicted molar refractivity (Wildman–Crippen MR) is 125 cm³/mol. The van der Waals surface area contributed by atoms with Crippen LogP contribution in [0.15, 0.2) is 53.1 Å². The zero-order chi connectivity index (χ0) is 23.5. The third-order valence-corrected chi connectivity index (χ3v) is 5.48. The fourth-order valence-corrected chi connectivity index (χ4v) is 3.60. The highest BCUT2D eigenvalue weighted by molar-refractivity contribution is 6.03. The van der Waals surface area contributed by atoms with E-state index in [2.05, 4.69) is 15.6 Å². The van der Waals surface area contributed by atoms with Gasteiger partial charge in [-0.05, 0) is 38.5 Å². The minimum atomic E-state index is -0.353. The van der Waals surface area contributed by atoms with Crippen molar-refractivity contribution in [2.45, 2.75) is 27.3 Å². The predicted octanol–water partition coefficient (Wildman–Crippen LogP) is 4.78. The van der Waals surface area contributed by atoms with E-state index in [0.717, 1.165) is 22.4 Å². The van der Waals surface area contributed by atoms with E-state index in [1.165, 1.54) is 0 Å². The van der Waals surface area contributed by atoms with E-state index in [1.807, 2.05) is 67.9 Å². The van der Waals surface area contributed by atoms with Crippen molar-refractivity contribution < 1.29 is 18.8 Å². The molecular formula is C25H26N4O4. The van der Waals surface area contributed by atoms with Crippen molar-refractivity contribution in [2.75, 3.05) is 19.5 Å². The number of amides is 1. The number of methoxy groups -OCH3 is 2. The summed E-state index contributed by atoms with van der Waals surface area (Å²) in [6, 6.07) is 15.2. The Morgan fingerprint density at radius 3 is 2.42 bits per heavy atom. The molecule has 2 aromatic carbocycles. The van der Waals surface area contributed by atoms with Crippen LogP contribution in [0.3, 0.4) is 0 Å². The number of hydrogen-bond acceptors (Lipinski definition) is 6. The average Bonchev–Trinajstić information content (AvgIpc) is 3.41. The maximum absolute atomic E-state index is 12.8. The Morgan fingerprint density at radius 2 is 1.73 bits per heavy atom. The van der Waals surface area contributed by atoms with E-state index in [0.29, 0.717) is 35.2 Å². The van der Waals surface area contributed by atoms with Gasteiger partial charge in [-0.25, -0.2) is 0 Å². The molecule has 0 bridgehead atoms. The number of anilines is 1. The minimum Gasteiger partial charge on any atom is -0.493 e. The number of rotatable bonds is 7. The third kappa shape index (κ3) is 4.59. The molecule has 0 fully saturated rings. The summed E-state index contributed by atoms with van der Waals surface area (Å²) in [5.41, 5.74) is 5.41. The van der Waals surface area contributed by atoms with E-state index >= 15 is 0 Å². The molecule has 0 unspecified atom stereocenters. The quantitative estimate of drug-likeness (QED) is 0.439. The van der Waals surface area contributed by atoms with Crippen molar-refractivity contribution in [3.63, 3.8) is 0 Å². The Labute approximate surface area is 192 Å². The minimum absolute atomic E-state index is 0.206. The van der Waals surface area contributed by atoms with Crippen LogP contribution in [0.25, 0.3) is 11.3 Å². The molecule has 0 radical (unpaired) electrons. The molecule has 0 atom stereocenters. The normalized spacial score (nSPS) is 10.8. The summed E-state index contributed by atoms with van der Waals surface area (Å²) >= 11 is 0. The molecule has 8 nitrogen and oxygen atoms in total. The summed E-state index contributed by atoms with van der Waals surface area (Å²) in [6.07, 6.45) is 0. The van der Waals surface area contributed by atoms with E-state index in [-0.39, 0.29) is 11.6 Å². The molecule has 4 aromatic rings. The summed E-state index contributed by atoms with van der Waals surface area (Å²) < 4.78 is 17.9. The van der Waals surface area contributed by atoms with Crippen LogP contribution in [-0.4, -0.2) is 35.1 Å². The number of ether oxygens (including phenoxy) is 2. The Hall–Kier alpha value is -4.07. The Balaban J connectivity index is 1.52. The van der Waals surface area contributed by atoms with Crippen LogP contribution in [0.1, 0.15) is 33.0 Å². The van der Waals surface area contributed by atoms with Crippen molar-refractivity contribution in [3.05, 3.63) is 76.7 Å². The number of hydrogen-bond donors (Lipinski definition) is 1. The van der Waals surface area contributed by atoms with E-state index in [9.17, 15) is 4.79 Å². The third-order valence-electron chi connectivity index (χ3n) is 5.48. The zero-order valence-corrected chi connectivity index (χ0v) is 19.3. The summed E-state index contributed by atoms with van der Waals surface area (Å²) in [4.78, 5) is 12.8. The highest BCUT2D eigenvalue weighted by Gasteiger charge is 2.19. The SMILES string of the molecule is COc1ccc(Cn2nc(C)c(NC(=O)c3cc(-c4ccc(C)cc4)on3)c2C)cc1OC. The molecule has 0 saturated heterocycles. The molecule has 0 aliphatic rings. The van der Waals surface area contributed by atoms with Crippen LogP contribution in [-0.2, 0) is 6.54 Å². The molecule has 2 aromatic heterocycles. The van der Waals surface area contributed by atoms with Crippen molar-refractivity contribution in [2.24, 2.45) is 0 Å². The number of benzene rings is 2. The lowest BCUT2D eigenvalue weighted by atomic mass is 10.1. The molecule has 33 heavy (non-hydrogen) atoms. The first-order valence-electron chi connectivity index (χ1n) is 10.5. The first kappa shape index (κ1) is 22.1. The number of nitrogens with zero attached hydrogens (tertiary/aromatic N) is 3. The standard InChI is InChI=1S/C25H26N4O4/c1-15-6-9-19(10-7-15)22-13-20(28-33-22)25(30)26-24-16(2)27-29(17(24)3)14-18-8-11-21(31-4)23(12-18)32-5/h6-13H,14H2,1-5H3,(H,26,30). The second-order valence-corrected chi connectivity index (χ2v) is 7.79. The van der Waals surface area contributed by atoms with Gasteiger partial charge in [0, 0.05) is 11.6 Å². The number of nitrogens with one attached hydrogen (secondary N) is 1. The second kappa shape index (κ2) is 9.20. The lowest BCUT2D eigenvalue weighted by Gasteiger charge is -2.10. The van der Waals surface area contributed by atoms with Crippen LogP contribution in [0.2, 0.25) is 0 Å². The number of carbonyl (C=O) groups excluding carboxylic acids is 1. The molecule has 0 aliphatic heterocycles. The second-order valence-electron chi connectivity index (χ2n) is 7.79. The van der Waals surface area contributed by atoms with E-state index < -0.39 is 0 Å². The summed E-state index contributed by atoms with van der Waals surface area (Å²) in [7, 11) is 3.21. The average molecular weight is 447 g/mol.